The summed E-state index contributed by atoms with van der Waals surface area (Å²) in [6.07, 6.45) is 1.73. The van der Waals surface area contributed by atoms with E-state index in [2.05, 4.69) is 49.0 Å². The number of hydrogen-bond donors (Lipinski definition) is 0. The second kappa shape index (κ2) is 13.8. The number of sulfonamides is 1. The Balaban J connectivity index is 1.50. The summed E-state index contributed by atoms with van der Waals surface area (Å²) in [6, 6.07) is 10.5. The van der Waals surface area contributed by atoms with Crippen molar-refractivity contribution in [2.75, 3.05) is 73.0 Å². The Hall–Kier alpha value is -2.66. The van der Waals surface area contributed by atoms with Crippen molar-refractivity contribution in [2.24, 2.45) is 0 Å². The number of carbonyl (C=O) groups is 1. The van der Waals surface area contributed by atoms with Gasteiger partial charge in [-0.25, -0.2) is 8.42 Å². The second-order valence-corrected chi connectivity index (χ2v) is 12.9. The average molecular weight is 575 g/mol. The molecule has 0 bridgehead atoms. The number of hydrogen-bond acceptors (Lipinski definition) is 7. The summed E-state index contributed by atoms with van der Waals surface area (Å²) in [4.78, 5) is 19.4. The first-order chi connectivity index (χ1) is 18.9. The minimum absolute atomic E-state index is 0.108. The van der Waals surface area contributed by atoms with Crippen LogP contribution in [0.15, 0.2) is 35.2 Å². The average Bonchev–Trinajstić information content (AvgIpc) is 3.42. The third kappa shape index (κ3) is 7.54. The molecule has 1 saturated heterocycles. The molecule has 1 atom stereocenters. The second-order valence-electron chi connectivity index (χ2n) is 10.9. The van der Waals surface area contributed by atoms with E-state index in [0.717, 1.165) is 30.6 Å². The molecule has 0 radical (unpaired) electrons. The van der Waals surface area contributed by atoms with E-state index < -0.39 is 10.0 Å². The molecule has 1 amide bonds. The molecule has 2 aromatic rings. The predicted octanol–water partition coefficient (Wildman–Crippen LogP) is 3.31. The lowest BCUT2D eigenvalue weighted by molar-refractivity contribution is -0.135. The number of rotatable bonds is 13. The molecule has 3 rings (SSSR count). The van der Waals surface area contributed by atoms with Crippen LogP contribution in [0.1, 0.15) is 35.6 Å². The number of nitrogens with zero attached hydrogens (tertiary/aromatic N) is 4. The van der Waals surface area contributed by atoms with Crippen LogP contribution in [0, 0.1) is 13.8 Å². The van der Waals surface area contributed by atoms with E-state index in [1.54, 1.807) is 38.1 Å². The van der Waals surface area contributed by atoms with Crippen LogP contribution < -0.4 is 9.64 Å². The third-order valence-electron chi connectivity index (χ3n) is 7.80. The lowest BCUT2D eigenvalue weighted by atomic mass is 10.1. The summed E-state index contributed by atoms with van der Waals surface area (Å²) < 4.78 is 38.8. The van der Waals surface area contributed by atoms with Gasteiger partial charge in [0.1, 0.15) is 12.4 Å². The lowest BCUT2D eigenvalue weighted by Crippen LogP contribution is -2.34. The van der Waals surface area contributed by atoms with Gasteiger partial charge in [0.05, 0.1) is 18.6 Å². The fourth-order valence-electron chi connectivity index (χ4n) is 5.10. The van der Waals surface area contributed by atoms with E-state index in [1.165, 1.54) is 17.0 Å². The number of aryl methyl sites for hydroxylation is 3. The molecule has 1 heterocycles. The summed E-state index contributed by atoms with van der Waals surface area (Å²) in [5.74, 6) is 0.486. The van der Waals surface area contributed by atoms with Crippen molar-refractivity contribution in [2.45, 2.75) is 51.1 Å². The van der Waals surface area contributed by atoms with Gasteiger partial charge >= 0.3 is 0 Å². The van der Waals surface area contributed by atoms with E-state index in [0.29, 0.717) is 40.8 Å². The highest BCUT2D eigenvalue weighted by Crippen LogP contribution is 2.29. The van der Waals surface area contributed by atoms with Crippen LogP contribution >= 0.6 is 0 Å². The Kier molecular flexibility index (Phi) is 11.0. The van der Waals surface area contributed by atoms with Gasteiger partial charge in [0.2, 0.25) is 15.9 Å². The quantitative estimate of drug-likeness (QED) is 0.340. The fraction of sp³-hybridized carbons (Fsp3) is 0.567. The molecule has 0 aromatic heterocycles. The zero-order valence-electron chi connectivity index (χ0n) is 25.4. The van der Waals surface area contributed by atoms with Crippen LogP contribution in [0.2, 0.25) is 0 Å². The Morgan fingerprint density at radius 2 is 1.77 bits per heavy atom. The smallest absolute Gasteiger partial charge is 0.248 e. The monoisotopic (exact) mass is 574 g/mol. The molecule has 0 spiro atoms. The van der Waals surface area contributed by atoms with Gasteiger partial charge in [-0.15, -0.1) is 0 Å². The van der Waals surface area contributed by atoms with Gasteiger partial charge in [-0.1, -0.05) is 13.0 Å². The largest absolute Gasteiger partial charge is 0.497 e. The maximum absolute atomic E-state index is 13.3. The molecule has 0 saturated carbocycles. The van der Waals surface area contributed by atoms with Crippen LogP contribution in [-0.4, -0.2) is 103 Å². The molecule has 1 fully saturated rings. The molecular weight excluding hydrogens is 528 g/mol. The van der Waals surface area contributed by atoms with Crippen molar-refractivity contribution in [1.29, 1.82) is 0 Å². The van der Waals surface area contributed by atoms with Crippen molar-refractivity contribution in [1.82, 2.24) is 14.1 Å². The Morgan fingerprint density at radius 1 is 1.05 bits per heavy atom. The number of anilines is 1. The third-order valence-corrected chi connectivity index (χ3v) is 9.91. The van der Waals surface area contributed by atoms with Crippen molar-refractivity contribution >= 4 is 21.6 Å². The summed E-state index contributed by atoms with van der Waals surface area (Å²) >= 11 is 0. The molecule has 9 nitrogen and oxygen atoms in total. The zero-order chi connectivity index (χ0) is 29.6. The van der Waals surface area contributed by atoms with Crippen LogP contribution in [0.3, 0.4) is 0 Å². The highest BCUT2D eigenvalue weighted by atomic mass is 32.2. The lowest BCUT2D eigenvalue weighted by Gasteiger charge is -2.24. The van der Waals surface area contributed by atoms with E-state index >= 15 is 0 Å². The Bertz CT molecular complexity index is 1280. The molecule has 0 aliphatic carbocycles. The van der Waals surface area contributed by atoms with Gasteiger partial charge in [0, 0.05) is 52.0 Å². The maximum Gasteiger partial charge on any atom is 0.248 e. The minimum atomic E-state index is -3.72. The van der Waals surface area contributed by atoms with Crippen molar-refractivity contribution < 1.29 is 22.7 Å². The van der Waals surface area contributed by atoms with Gasteiger partial charge in [-0.05, 0) is 87.3 Å². The summed E-state index contributed by atoms with van der Waals surface area (Å²) in [5.41, 5.74) is 4.82. The molecular formula is C30H46N4O5S. The SMILES string of the molecule is CCc1cc(OC)cc(C)c1S(=O)(=O)N(C)CCOCC(=O)N(C)Cc1ccc(N2CCC(N(C)C)C2)cc1C. The first-order valence-electron chi connectivity index (χ1n) is 13.9. The van der Waals surface area contributed by atoms with Crippen LogP contribution in [0.4, 0.5) is 5.69 Å². The van der Waals surface area contributed by atoms with Crippen molar-refractivity contribution in [3.05, 3.63) is 52.6 Å². The highest BCUT2D eigenvalue weighted by Gasteiger charge is 2.27. The number of amides is 1. The van der Waals surface area contributed by atoms with E-state index in [4.69, 9.17) is 9.47 Å². The predicted molar refractivity (Wildman–Crippen MR) is 160 cm³/mol. The van der Waals surface area contributed by atoms with Crippen LogP contribution in [0.25, 0.3) is 0 Å². The molecule has 2 aromatic carbocycles. The topological polar surface area (TPSA) is 82.6 Å². The van der Waals surface area contributed by atoms with Gasteiger partial charge in [0.25, 0.3) is 0 Å². The van der Waals surface area contributed by atoms with Crippen molar-refractivity contribution in [3.63, 3.8) is 0 Å². The zero-order valence-corrected chi connectivity index (χ0v) is 26.2. The van der Waals surface area contributed by atoms with Gasteiger partial charge < -0.3 is 24.2 Å². The Labute approximate surface area is 240 Å². The highest BCUT2D eigenvalue weighted by molar-refractivity contribution is 7.89. The maximum atomic E-state index is 13.3. The number of ether oxygens (including phenoxy) is 2. The van der Waals surface area contributed by atoms with Crippen LogP contribution in [0.5, 0.6) is 5.75 Å². The number of carbonyl (C=O) groups excluding carboxylic acids is 1. The van der Waals surface area contributed by atoms with Crippen LogP contribution in [-0.2, 0) is 32.5 Å². The molecule has 222 valence electrons. The normalized spacial score (nSPS) is 15.8. The number of benzene rings is 2. The molecule has 1 aliphatic rings. The molecule has 1 aliphatic heterocycles. The first-order valence-corrected chi connectivity index (χ1v) is 15.3. The standard InChI is InChI=1S/C30H46N4O5S/c1-9-24-18-28(38-8)17-23(3)30(24)40(36,37)33(7)14-15-39-21-29(35)32(6)19-25-10-11-26(16-22(25)2)34-13-12-27(20-34)31(4)5/h10-11,16-18,27H,9,12-15,19-21H2,1-8H3. The minimum Gasteiger partial charge on any atom is -0.497 e. The first kappa shape index (κ1) is 31.9. The fourth-order valence-corrected chi connectivity index (χ4v) is 6.72. The van der Waals surface area contributed by atoms with Gasteiger partial charge in [-0.3, -0.25) is 4.79 Å². The summed E-state index contributed by atoms with van der Waals surface area (Å²) in [6.45, 7) is 8.48. The van der Waals surface area contributed by atoms with E-state index in [1.807, 2.05) is 6.92 Å². The van der Waals surface area contributed by atoms with E-state index in [9.17, 15) is 13.2 Å². The summed E-state index contributed by atoms with van der Waals surface area (Å²) in [5, 5.41) is 0. The summed E-state index contributed by atoms with van der Waals surface area (Å²) in [7, 11) is 5.40. The molecule has 10 heteroatoms. The molecule has 40 heavy (non-hydrogen) atoms. The molecule has 1 unspecified atom stereocenters. The molecule has 0 N–H and O–H groups in total. The van der Waals surface area contributed by atoms with Gasteiger partial charge in [-0.2, -0.15) is 4.31 Å². The Morgan fingerprint density at radius 3 is 2.38 bits per heavy atom. The van der Waals surface area contributed by atoms with Gasteiger partial charge in [0.15, 0.2) is 0 Å². The number of likely N-dealkylation sites (N-methyl/N-ethyl adjacent to an activating group) is 3. The number of methoxy groups -OCH3 is 1. The van der Waals surface area contributed by atoms with E-state index in [-0.39, 0.29) is 25.7 Å². The van der Waals surface area contributed by atoms with Crippen molar-refractivity contribution in [3.8, 4) is 5.75 Å².